The van der Waals surface area contributed by atoms with E-state index in [1.165, 1.54) is 30.3 Å². The number of phenolic OH excluding ortho intramolecular Hbond substituents is 1. The number of nitrogens with zero attached hydrogens (tertiary/aromatic N) is 1. The fraction of sp³-hybridized carbons (Fsp3) is 0.235. The average molecular weight is 318 g/mol. The number of carbonyl (C=O) groups excluding carboxylic acids is 1. The van der Waals surface area contributed by atoms with Gasteiger partial charge in [0.25, 0.3) is 5.91 Å². The number of benzene rings is 2. The Morgan fingerprint density at radius 2 is 1.61 bits per heavy atom. The molecule has 1 heterocycles. The number of amides is 1. The summed E-state index contributed by atoms with van der Waals surface area (Å²) in [5.41, 5.74) is 1.03. The first kappa shape index (κ1) is 15.4. The van der Waals surface area contributed by atoms with Gasteiger partial charge in [-0.2, -0.15) is 0 Å². The third-order valence-electron chi connectivity index (χ3n) is 3.88. The van der Waals surface area contributed by atoms with E-state index in [1.54, 1.807) is 4.90 Å². The minimum Gasteiger partial charge on any atom is -0.505 e. The van der Waals surface area contributed by atoms with Crippen molar-refractivity contribution in [2.24, 2.45) is 0 Å². The lowest BCUT2D eigenvalue weighted by atomic mass is 10.0. The summed E-state index contributed by atoms with van der Waals surface area (Å²) in [5, 5.41) is 12.6. The summed E-state index contributed by atoms with van der Waals surface area (Å²) < 4.78 is 27.2. The van der Waals surface area contributed by atoms with Crippen molar-refractivity contribution >= 4 is 5.91 Å². The van der Waals surface area contributed by atoms with Gasteiger partial charge < -0.3 is 15.3 Å². The van der Waals surface area contributed by atoms with Crippen LogP contribution in [0.1, 0.15) is 10.4 Å². The van der Waals surface area contributed by atoms with E-state index in [2.05, 4.69) is 5.32 Å². The highest BCUT2D eigenvalue weighted by Gasteiger charge is 2.21. The molecule has 2 N–H and O–H groups in total. The van der Waals surface area contributed by atoms with Crippen LogP contribution in [0.15, 0.2) is 36.4 Å². The Bertz CT molecular complexity index is 743. The zero-order valence-electron chi connectivity index (χ0n) is 12.4. The number of carbonyl (C=O) groups is 1. The highest BCUT2D eigenvalue weighted by atomic mass is 19.1. The zero-order chi connectivity index (χ0) is 16.4. The highest BCUT2D eigenvalue weighted by Crippen LogP contribution is 2.27. The molecular weight excluding hydrogens is 302 g/mol. The predicted octanol–water partition coefficient (Wildman–Crippen LogP) is 2.38. The Morgan fingerprint density at radius 3 is 2.26 bits per heavy atom. The molecule has 1 amide bonds. The van der Waals surface area contributed by atoms with Gasteiger partial charge in [-0.25, -0.2) is 8.78 Å². The van der Waals surface area contributed by atoms with Gasteiger partial charge in [0.2, 0.25) is 0 Å². The Labute approximate surface area is 132 Å². The van der Waals surface area contributed by atoms with Gasteiger partial charge in [0.1, 0.15) is 5.82 Å². The molecule has 0 radical (unpaired) electrons. The molecule has 3 rings (SSSR count). The van der Waals surface area contributed by atoms with Gasteiger partial charge in [-0.05, 0) is 35.4 Å². The van der Waals surface area contributed by atoms with Crippen LogP contribution in [-0.2, 0) is 0 Å². The van der Waals surface area contributed by atoms with Crippen LogP contribution in [0, 0.1) is 11.6 Å². The van der Waals surface area contributed by atoms with Crippen LogP contribution in [0.3, 0.4) is 0 Å². The maximum Gasteiger partial charge on any atom is 0.256 e. The lowest BCUT2D eigenvalue weighted by Crippen LogP contribution is -2.46. The van der Waals surface area contributed by atoms with Crippen LogP contribution in [0.4, 0.5) is 8.78 Å². The quantitative estimate of drug-likeness (QED) is 0.894. The molecule has 2 aromatic rings. The normalized spacial score (nSPS) is 14.8. The number of hydrogen-bond acceptors (Lipinski definition) is 3. The summed E-state index contributed by atoms with van der Waals surface area (Å²) in [6.07, 6.45) is 0. The van der Waals surface area contributed by atoms with Crippen LogP contribution in [-0.4, -0.2) is 42.1 Å². The molecule has 1 saturated heterocycles. The first-order chi connectivity index (χ1) is 11.1. The molecule has 2 aromatic carbocycles. The minimum absolute atomic E-state index is 0.0202. The number of piperazine rings is 1. The molecule has 0 aromatic heterocycles. The largest absolute Gasteiger partial charge is 0.505 e. The highest BCUT2D eigenvalue weighted by molar-refractivity contribution is 5.96. The van der Waals surface area contributed by atoms with Crippen molar-refractivity contribution in [1.29, 1.82) is 0 Å². The summed E-state index contributed by atoms with van der Waals surface area (Å²) in [6.45, 7) is 2.41. The van der Waals surface area contributed by atoms with Crippen LogP contribution >= 0.6 is 0 Å². The molecule has 1 aliphatic rings. The lowest BCUT2D eigenvalue weighted by molar-refractivity contribution is 0.0731. The number of phenols is 1. The molecule has 0 saturated carbocycles. The Hall–Kier alpha value is -2.47. The first-order valence-corrected chi connectivity index (χ1v) is 7.34. The Kier molecular flexibility index (Phi) is 4.25. The second-order valence-electron chi connectivity index (χ2n) is 5.40. The van der Waals surface area contributed by atoms with E-state index in [0.29, 0.717) is 37.3 Å². The summed E-state index contributed by atoms with van der Waals surface area (Å²) in [7, 11) is 0. The average Bonchev–Trinajstić information content (AvgIpc) is 2.58. The fourth-order valence-corrected chi connectivity index (χ4v) is 2.60. The van der Waals surface area contributed by atoms with Gasteiger partial charge in [0.15, 0.2) is 11.6 Å². The number of halogens is 2. The second-order valence-corrected chi connectivity index (χ2v) is 5.40. The fourth-order valence-electron chi connectivity index (χ4n) is 2.60. The number of rotatable bonds is 2. The van der Waals surface area contributed by atoms with Crippen LogP contribution in [0.2, 0.25) is 0 Å². The standard InChI is InChI=1S/C17H16F2N2O2/c18-14-3-1-11(12-2-4-15(19)16(22)10-12)9-13(14)17(23)21-7-5-20-6-8-21/h1-4,9-10,20,22H,5-8H2. The van der Waals surface area contributed by atoms with Crippen molar-refractivity contribution in [2.45, 2.75) is 0 Å². The summed E-state index contributed by atoms with van der Waals surface area (Å²) in [6, 6.07) is 8.00. The van der Waals surface area contributed by atoms with E-state index in [0.717, 1.165) is 6.07 Å². The van der Waals surface area contributed by atoms with Gasteiger partial charge in [0, 0.05) is 26.2 Å². The van der Waals surface area contributed by atoms with Crippen molar-refractivity contribution in [3.63, 3.8) is 0 Å². The first-order valence-electron chi connectivity index (χ1n) is 7.34. The van der Waals surface area contributed by atoms with Crippen LogP contribution in [0.5, 0.6) is 5.75 Å². The van der Waals surface area contributed by atoms with Gasteiger partial charge in [-0.1, -0.05) is 12.1 Å². The van der Waals surface area contributed by atoms with E-state index < -0.39 is 17.4 Å². The van der Waals surface area contributed by atoms with Crippen LogP contribution < -0.4 is 5.32 Å². The van der Waals surface area contributed by atoms with Crippen molar-refractivity contribution in [3.8, 4) is 16.9 Å². The van der Waals surface area contributed by atoms with E-state index in [9.17, 15) is 18.7 Å². The summed E-state index contributed by atoms with van der Waals surface area (Å²) in [5.74, 6) is -2.17. The molecule has 1 aliphatic heterocycles. The van der Waals surface area contributed by atoms with Crippen molar-refractivity contribution in [1.82, 2.24) is 10.2 Å². The second kappa shape index (κ2) is 6.34. The molecule has 0 bridgehead atoms. The predicted molar refractivity (Wildman–Crippen MR) is 82.2 cm³/mol. The number of hydrogen-bond donors (Lipinski definition) is 2. The zero-order valence-corrected chi connectivity index (χ0v) is 12.4. The lowest BCUT2D eigenvalue weighted by Gasteiger charge is -2.27. The molecule has 1 fully saturated rings. The molecule has 23 heavy (non-hydrogen) atoms. The minimum atomic E-state index is -0.729. The third kappa shape index (κ3) is 3.17. The maximum absolute atomic E-state index is 14.1. The maximum atomic E-state index is 14.1. The van der Waals surface area contributed by atoms with E-state index in [1.807, 2.05) is 0 Å². The molecule has 4 nitrogen and oxygen atoms in total. The summed E-state index contributed by atoms with van der Waals surface area (Å²) in [4.78, 5) is 14.1. The Balaban J connectivity index is 1.95. The molecular formula is C17H16F2N2O2. The van der Waals surface area contributed by atoms with E-state index >= 15 is 0 Å². The van der Waals surface area contributed by atoms with Crippen LogP contribution in [0.25, 0.3) is 11.1 Å². The molecule has 0 aliphatic carbocycles. The van der Waals surface area contributed by atoms with Crippen molar-refractivity contribution in [2.75, 3.05) is 26.2 Å². The number of nitrogens with one attached hydrogen (secondary N) is 1. The van der Waals surface area contributed by atoms with E-state index in [4.69, 9.17) is 0 Å². The Morgan fingerprint density at radius 1 is 1.00 bits per heavy atom. The summed E-state index contributed by atoms with van der Waals surface area (Å²) >= 11 is 0. The van der Waals surface area contributed by atoms with Gasteiger partial charge in [-0.3, -0.25) is 4.79 Å². The molecule has 6 heteroatoms. The molecule has 120 valence electrons. The SMILES string of the molecule is O=C(c1cc(-c2ccc(F)c(O)c2)ccc1F)N1CCNCC1. The molecule has 0 unspecified atom stereocenters. The number of aromatic hydroxyl groups is 1. The molecule has 0 atom stereocenters. The van der Waals surface area contributed by atoms with Gasteiger partial charge in [0.05, 0.1) is 5.56 Å². The van der Waals surface area contributed by atoms with E-state index in [-0.39, 0.29) is 11.5 Å². The molecule has 0 spiro atoms. The smallest absolute Gasteiger partial charge is 0.256 e. The van der Waals surface area contributed by atoms with Crippen molar-refractivity contribution in [3.05, 3.63) is 53.6 Å². The monoisotopic (exact) mass is 318 g/mol. The third-order valence-corrected chi connectivity index (χ3v) is 3.88. The van der Waals surface area contributed by atoms with Crippen molar-refractivity contribution < 1.29 is 18.7 Å². The van der Waals surface area contributed by atoms with Gasteiger partial charge in [-0.15, -0.1) is 0 Å². The van der Waals surface area contributed by atoms with Gasteiger partial charge >= 0.3 is 0 Å². The topological polar surface area (TPSA) is 52.6 Å².